The van der Waals surface area contributed by atoms with Gasteiger partial charge in [0.15, 0.2) is 0 Å². The van der Waals surface area contributed by atoms with Crippen LogP contribution in [0.1, 0.15) is 44.2 Å². The van der Waals surface area contributed by atoms with Gasteiger partial charge in [-0.1, -0.05) is 31.0 Å². The van der Waals surface area contributed by atoms with E-state index in [1.54, 1.807) is 30.1 Å². The van der Waals surface area contributed by atoms with Crippen molar-refractivity contribution in [1.29, 1.82) is 0 Å². The van der Waals surface area contributed by atoms with Crippen molar-refractivity contribution in [3.8, 4) is 0 Å². The van der Waals surface area contributed by atoms with Gasteiger partial charge >= 0.3 is 0 Å². The minimum absolute atomic E-state index is 0.0493. The molecule has 0 bridgehead atoms. The van der Waals surface area contributed by atoms with E-state index in [-0.39, 0.29) is 17.8 Å². The fourth-order valence-corrected chi connectivity index (χ4v) is 3.13. The van der Waals surface area contributed by atoms with Crippen LogP contribution >= 0.6 is 0 Å². The number of halogens is 1. The van der Waals surface area contributed by atoms with Crippen molar-refractivity contribution in [3.05, 3.63) is 35.6 Å². The van der Waals surface area contributed by atoms with E-state index in [1.165, 1.54) is 6.07 Å². The molecule has 110 valence electrons. The molecule has 0 spiro atoms. The van der Waals surface area contributed by atoms with E-state index >= 15 is 0 Å². The summed E-state index contributed by atoms with van der Waals surface area (Å²) < 4.78 is 13.9. The largest absolute Gasteiger partial charge is 0.338 e. The number of carbonyl (C=O) groups is 1. The zero-order valence-corrected chi connectivity index (χ0v) is 12.2. The maximum atomic E-state index is 13.9. The zero-order valence-electron chi connectivity index (χ0n) is 12.2. The standard InChI is InChI=1S/C16H23FN2O/c1-12(13-7-3-4-8-14(13)17)19(2)15(20)16(11-18)9-5-6-10-16/h3-4,7-8,12H,5-6,9-11,18H2,1-2H3. The Bertz CT molecular complexity index is 483. The summed E-state index contributed by atoms with van der Waals surface area (Å²) >= 11 is 0. The number of nitrogens with two attached hydrogens (primary N) is 1. The second-order valence-electron chi connectivity index (χ2n) is 5.81. The molecule has 1 aliphatic carbocycles. The molecule has 1 atom stereocenters. The number of nitrogens with zero attached hydrogens (tertiary/aromatic N) is 1. The third kappa shape index (κ3) is 2.57. The van der Waals surface area contributed by atoms with Crippen LogP contribution in [-0.4, -0.2) is 24.4 Å². The Morgan fingerprint density at radius 1 is 1.40 bits per heavy atom. The Morgan fingerprint density at radius 3 is 2.55 bits per heavy atom. The highest BCUT2D eigenvalue weighted by atomic mass is 19.1. The van der Waals surface area contributed by atoms with Crippen molar-refractivity contribution in [3.63, 3.8) is 0 Å². The molecule has 1 amide bonds. The Balaban J connectivity index is 2.20. The third-order valence-electron chi connectivity index (χ3n) is 4.66. The summed E-state index contributed by atoms with van der Waals surface area (Å²) in [7, 11) is 1.75. The first-order valence-electron chi connectivity index (χ1n) is 7.23. The maximum absolute atomic E-state index is 13.9. The Morgan fingerprint density at radius 2 is 2.00 bits per heavy atom. The first kappa shape index (κ1) is 15.0. The highest BCUT2D eigenvalue weighted by molar-refractivity contribution is 5.83. The van der Waals surface area contributed by atoms with Crippen LogP contribution in [0.15, 0.2) is 24.3 Å². The molecule has 0 heterocycles. The Labute approximate surface area is 120 Å². The number of rotatable bonds is 4. The quantitative estimate of drug-likeness (QED) is 0.920. The van der Waals surface area contributed by atoms with Crippen molar-refractivity contribution in [2.24, 2.45) is 11.1 Å². The normalized spacial score (nSPS) is 18.8. The van der Waals surface area contributed by atoms with Gasteiger partial charge in [0.05, 0.1) is 11.5 Å². The third-order valence-corrected chi connectivity index (χ3v) is 4.66. The summed E-state index contributed by atoms with van der Waals surface area (Å²) in [5.41, 5.74) is 5.97. The summed E-state index contributed by atoms with van der Waals surface area (Å²) in [6, 6.07) is 6.33. The molecule has 1 fully saturated rings. The van der Waals surface area contributed by atoms with E-state index in [1.807, 2.05) is 6.92 Å². The van der Waals surface area contributed by atoms with Crippen LogP contribution in [-0.2, 0) is 4.79 Å². The minimum atomic E-state index is -0.436. The summed E-state index contributed by atoms with van der Waals surface area (Å²) in [4.78, 5) is 14.4. The number of hydrogen-bond donors (Lipinski definition) is 1. The predicted molar refractivity (Wildman–Crippen MR) is 77.5 cm³/mol. The number of benzene rings is 1. The van der Waals surface area contributed by atoms with Crippen LogP contribution in [0, 0.1) is 11.2 Å². The van der Waals surface area contributed by atoms with Crippen molar-refractivity contribution in [1.82, 2.24) is 4.90 Å². The second-order valence-corrected chi connectivity index (χ2v) is 5.81. The molecule has 0 radical (unpaired) electrons. The van der Waals surface area contributed by atoms with E-state index in [0.29, 0.717) is 12.1 Å². The molecule has 4 heteroatoms. The Kier molecular flexibility index (Phi) is 4.43. The first-order valence-corrected chi connectivity index (χ1v) is 7.23. The average Bonchev–Trinajstić information content (AvgIpc) is 2.95. The zero-order chi connectivity index (χ0) is 14.8. The average molecular weight is 278 g/mol. The monoisotopic (exact) mass is 278 g/mol. The molecule has 0 aromatic heterocycles. The van der Waals surface area contributed by atoms with Crippen molar-refractivity contribution < 1.29 is 9.18 Å². The van der Waals surface area contributed by atoms with E-state index in [9.17, 15) is 9.18 Å². The van der Waals surface area contributed by atoms with Crippen LogP contribution in [0.4, 0.5) is 4.39 Å². The molecule has 1 aromatic rings. The summed E-state index contributed by atoms with van der Waals surface area (Å²) in [6.07, 6.45) is 3.78. The molecule has 0 aliphatic heterocycles. The van der Waals surface area contributed by atoms with Crippen LogP contribution < -0.4 is 5.73 Å². The summed E-state index contributed by atoms with van der Waals surface area (Å²) in [5.74, 6) is -0.221. The molecule has 1 aliphatic rings. The van der Waals surface area contributed by atoms with E-state index < -0.39 is 5.41 Å². The van der Waals surface area contributed by atoms with Gasteiger partial charge in [0.25, 0.3) is 0 Å². The number of amides is 1. The molecule has 1 aromatic carbocycles. The first-order chi connectivity index (χ1) is 9.52. The van der Waals surface area contributed by atoms with Gasteiger partial charge < -0.3 is 10.6 Å². The van der Waals surface area contributed by atoms with Gasteiger partial charge in [-0.25, -0.2) is 4.39 Å². The van der Waals surface area contributed by atoms with E-state index in [4.69, 9.17) is 5.73 Å². The molecule has 2 N–H and O–H groups in total. The lowest BCUT2D eigenvalue weighted by atomic mass is 9.84. The topological polar surface area (TPSA) is 46.3 Å². The summed E-state index contributed by atoms with van der Waals surface area (Å²) in [6.45, 7) is 2.23. The molecular formula is C16H23FN2O. The molecule has 1 unspecified atom stereocenters. The smallest absolute Gasteiger partial charge is 0.230 e. The predicted octanol–water partition coefficient (Wildman–Crippen LogP) is 2.86. The molecule has 3 nitrogen and oxygen atoms in total. The second kappa shape index (κ2) is 5.92. The molecule has 2 rings (SSSR count). The molecular weight excluding hydrogens is 255 g/mol. The van der Waals surface area contributed by atoms with Crippen molar-refractivity contribution in [2.45, 2.75) is 38.6 Å². The highest BCUT2D eigenvalue weighted by Crippen LogP contribution is 2.40. The fourth-order valence-electron chi connectivity index (χ4n) is 3.13. The van der Waals surface area contributed by atoms with Gasteiger partial charge in [-0.05, 0) is 25.8 Å². The van der Waals surface area contributed by atoms with E-state index in [0.717, 1.165) is 25.7 Å². The van der Waals surface area contributed by atoms with E-state index in [2.05, 4.69) is 0 Å². The van der Waals surface area contributed by atoms with Crippen molar-refractivity contribution >= 4 is 5.91 Å². The van der Waals surface area contributed by atoms with Crippen molar-refractivity contribution in [2.75, 3.05) is 13.6 Å². The number of carbonyl (C=O) groups excluding carboxylic acids is 1. The van der Waals surface area contributed by atoms with Gasteiger partial charge in [-0.3, -0.25) is 4.79 Å². The SMILES string of the molecule is CC(c1ccccc1F)N(C)C(=O)C1(CN)CCCC1. The number of hydrogen-bond acceptors (Lipinski definition) is 2. The van der Waals surface area contributed by atoms with Gasteiger partial charge in [0, 0.05) is 19.2 Å². The lowest BCUT2D eigenvalue weighted by Crippen LogP contribution is -2.46. The maximum Gasteiger partial charge on any atom is 0.230 e. The summed E-state index contributed by atoms with van der Waals surface area (Å²) in [5, 5.41) is 0. The minimum Gasteiger partial charge on any atom is -0.338 e. The van der Waals surface area contributed by atoms with Gasteiger partial charge in [-0.15, -0.1) is 0 Å². The van der Waals surface area contributed by atoms with Crippen LogP contribution in [0.5, 0.6) is 0 Å². The van der Waals surface area contributed by atoms with Gasteiger partial charge in [0.1, 0.15) is 5.82 Å². The molecule has 20 heavy (non-hydrogen) atoms. The van der Waals surface area contributed by atoms with Crippen LogP contribution in [0.3, 0.4) is 0 Å². The molecule has 0 saturated heterocycles. The Hall–Kier alpha value is -1.42. The van der Waals surface area contributed by atoms with Gasteiger partial charge in [-0.2, -0.15) is 0 Å². The van der Waals surface area contributed by atoms with Crippen LogP contribution in [0.2, 0.25) is 0 Å². The fraction of sp³-hybridized carbons (Fsp3) is 0.562. The highest BCUT2D eigenvalue weighted by Gasteiger charge is 2.42. The molecule has 1 saturated carbocycles. The lowest BCUT2D eigenvalue weighted by molar-refractivity contribution is -0.142. The van der Waals surface area contributed by atoms with Crippen LogP contribution in [0.25, 0.3) is 0 Å². The van der Waals surface area contributed by atoms with Gasteiger partial charge in [0.2, 0.25) is 5.91 Å². The lowest BCUT2D eigenvalue weighted by Gasteiger charge is -2.35.